The van der Waals surface area contributed by atoms with E-state index in [2.05, 4.69) is 33.1 Å². The fraction of sp³-hybridized carbons (Fsp3) is 0.424. The van der Waals surface area contributed by atoms with Gasteiger partial charge >= 0.3 is 0 Å². The lowest BCUT2D eigenvalue weighted by molar-refractivity contribution is -0.118. The molecule has 0 atom stereocenters. The molecule has 2 aliphatic carbocycles. The number of carbonyl (C=O) groups is 3. The summed E-state index contributed by atoms with van der Waals surface area (Å²) < 4.78 is 12.6. The van der Waals surface area contributed by atoms with E-state index in [1.54, 1.807) is 0 Å². The largest absolute Gasteiger partial charge is 0.490 e. The minimum absolute atomic E-state index is 0.108. The Morgan fingerprint density at radius 3 is 2.17 bits per heavy atom. The predicted octanol–water partition coefficient (Wildman–Crippen LogP) is 6.92. The molecular weight excluding hydrogens is 584 g/mol. The number of benzene rings is 2. The molecule has 1 aliphatic heterocycles. The molecule has 3 aliphatic rings. The van der Waals surface area contributed by atoms with Crippen molar-refractivity contribution in [1.82, 2.24) is 4.90 Å². The zero-order valence-corrected chi connectivity index (χ0v) is 25.8. The normalized spacial score (nSPS) is 17.4. The molecule has 0 saturated heterocycles. The summed E-state index contributed by atoms with van der Waals surface area (Å²) in [4.78, 5) is 41.9. The number of Topliss-reactive ketones (excluding diaryl/α,β-unsaturated/α-hetero) is 2. The third-order valence-corrected chi connectivity index (χ3v) is 8.80. The van der Waals surface area contributed by atoms with Crippen LogP contribution in [0.5, 0.6) is 11.5 Å². The molecular formula is C33H37BrN2O5. The first-order chi connectivity index (χ1) is 19.7. The number of amides is 1. The smallest absolute Gasteiger partial charge is 0.262 e. The van der Waals surface area contributed by atoms with Gasteiger partial charge in [0.1, 0.15) is 0 Å². The summed E-state index contributed by atoms with van der Waals surface area (Å²) in [6.45, 7) is 8.90. The van der Waals surface area contributed by atoms with Crippen molar-refractivity contribution in [3.05, 3.63) is 74.0 Å². The van der Waals surface area contributed by atoms with E-state index in [1.165, 1.54) is 0 Å². The zero-order valence-electron chi connectivity index (χ0n) is 24.2. The average Bonchev–Trinajstić information content (AvgIpc) is 2.94. The van der Waals surface area contributed by atoms with Gasteiger partial charge in [-0.25, -0.2) is 0 Å². The summed E-state index contributed by atoms with van der Waals surface area (Å²) in [6.07, 6.45) is 4.27. The monoisotopic (exact) mass is 620 g/mol. The Kier molecular flexibility index (Phi) is 8.68. The second kappa shape index (κ2) is 12.2. The maximum absolute atomic E-state index is 13.5. The molecule has 0 spiro atoms. The van der Waals surface area contributed by atoms with Gasteiger partial charge in [-0.3, -0.25) is 14.4 Å². The Morgan fingerprint density at radius 1 is 0.927 bits per heavy atom. The van der Waals surface area contributed by atoms with Crippen molar-refractivity contribution in [2.75, 3.05) is 25.1 Å². The van der Waals surface area contributed by atoms with Crippen molar-refractivity contribution < 1.29 is 23.9 Å². The number of nitrogens with one attached hydrogen (secondary N) is 1. The molecule has 0 fully saturated rings. The number of ether oxygens (including phenoxy) is 2. The highest BCUT2D eigenvalue weighted by Crippen LogP contribution is 2.51. The van der Waals surface area contributed by atoms with Gasteiger partial charge in [0.2, 0.25) is 0 Å². The molecule has 0 unspecified atom stereocenters. The van der Waals surface area contributed by atoms with Gasteiger partial charge in [0.05, 0.1) is 11.1 Å². The van der Waals surface area contributed by atoms with E-state index < -0.39 is 5.92 Å². The van der Waals surface area contributed by atoms with Gasteiger partial charge in [-0.2, -0.15) is 0 Å². The van der Waals surface area contributed by atoms with Crippen LogP contribution in [0.1, 0.15) is 75.0 Å². The minimum Gasteiger partial charge on any atom is -0.490 e. The first kappa shape index (κ1) is 29.1. The Labute approximate surface area is 250 Å². The molecule has 1 heterocycles. The summed E-state index contributed by atoms with van der Waals surface area (Å²) in [6, 6.07) is 9.54. The number of rotatable bonds is 8. The summed E-state index contributed by atoms with van der Waals surface area (Å²) in [5.74, 6) is 0.355. The van der Waals surface area contributed by atoms with Crippen LogP contribution in [0.15, 0.2) is 57.3 Å². The molecule has 7 nitrogen and oxygen atoms in total. The maximum Gasteiger partial charge on any atom is 0.262 e. The van der Waals surface area contributed by atoms with Gasteiger partial charge in [-0.05, 0) is 110 Å². The molecule has 1 amide bonds. The highest BCUT2D eigenvalue weighted by atomic mass is 79.9. The molecule has 2 aromatic carbocycles. The van der Waals surface area contributed by atoms with Crippen molar-refractivity contribution >= 4 is 39.1 Å². The van der Waals surface area contributed by atoms with Crippen molar-refractivity contribution in [2.45, 2.75) is 72.1 Å². The topological polar surface area (TPSA) is 84.9 Å². The van der Waals surface area contributed by atoms with Gasteiger partial charge in [-0.15, -0.1) is 0 Å². The van der Waals surface area contributed by atoms with Crippen LogP contribution >= 0.6 is 15.9 Å². The first-order valence-electron chi connectivity index (χ1n) is 14.5. The van der Waals surface area contributed by atoms with E-state index in [0.717, 1.165) is 71.5 Å². The number of nitrogens with zero attached hydrogens (tertiary/aromatic N) is 1. The Hall–Kier alpha value is -3.39. The molecule has 2 aromatic rings. The summed E-state index contributed by atoms with van der Waals surface area (Å²) in [5.41, 5.74) is 7.36. The quantitative estimate of drug-likeness (QED) is 0.345. The lowest BCUT2D eigenvalue weighted by Crippen LogP contribution is -2.39. The highest BCUT2D eigenvalue weighted by Gasteiger charge is 2.43. The Bertz CT molecular complexity index is 1430. The van der Waals surface area contributed by atoms with Gasteiger partial charge < -0.3 is 19.7 Å². The summed E-state index contributed by atoms with van der Waals surface area (Å²) in [5, 5.41) is 2.88. The van der Waals surface area contributed by atoms with E-state index in [0.29, 0.717) is 41.1 Å². The number of allylic oxidation sites excluding steroid dienone is 4. The van der Waals surface area contributed by atoms with Crippen LogP contribution in [0, 0.1) is 13.8 Å². The van der Waals surface area contributed by atoms with E-state index in [1.807, 2.05) is 51.1 Å². The van der Waals surface area contributed by atoms with E-state index >= 15 is 0 Å². The Morgan fingerprint density at radius 2 is 1.59 bits per heavy atom. The number of ketones is 2. The highest BCUT2D eigenvalue weighted by molar-refractivity contribution is 9.10. The SMILES string of the molecule is CCOc1cc(C2C3=C(CCCC3=O)N(CC)C3=C2C(=O)CCC3)cc(Br)c1OCC(=O)Nc1ccc(C)c(C)c1. The van der Waals surface area contributed by atoms with Gasteiger partial charge in [0, 0.05) is 53.5 Å². The molecule has 0 radical (unpaired) electrons. The molecule has 0 aromatic heterocycles. The van der Waals surface area contributed by atoms with Crippen molar-refractivity contribution in [3.63, 3.8) is 0 Å². The van der Waals surface area contributed by atoms with Crippen LogP contribution in [0.25, 0.3) is 0 Å². The predicted molar refractivity (Wildman–Crippen MR) is 162 cm³/mol. The number of anilines is 1. The van der Waals surface area contributed by atoms with Gasteiger partial charge in [0.25, 0.3) is 5.91 Å². The molecule has 0 saturated carbocycles. The number of carbonyl (C=O) groups excluding carboxylic acids is 3. The van der Waals surface area contributed by atoms with Crippen molar-refractivity contribution in [2.24, 2.45) is 0 Å². The maximum atomic E-state index is 13.5. The standard InChI is InChI=1S/C33H37BrN2O5/c1-5-36-24-9-7-11-26(37)31(24)30(32-25(36)10-8-12-27(32)38)21-16-23(34)33(28(17-21)40-6-2)41-18-29(39)35-22-14-13-19(3)20(4)15-22/h13-17,30H,5-12,18H2,1-4H3,(H,35,39). The van der Waals surface area contributed by atoms with E-state index in [4.69, 9.17) is 9.47 Å². The summed E-state index contributed by atoms with van der Waals surface area (Å²) in [7, 11) is 0. The fourth-order valence-corrected chi connectivity index (χ4v) is 6.82. The zero-order chi connectivity index (χ0) is 29.3. The fourth-order valence-electron chi connectivity index (χ4n) is 6.24. The summed E-state index contributed by atoms with van der Waals surface area (Å²) >= 11 is 3.65. The van der Waals surface area contributed by atoms with Crippen LogP contribution in [0.3, 0.4) is 0 Å². The van der Waals surface area contributed by atoms with E-state index in [9.17, 15) is 14.4 Å². The third-order valence-electron chi connectivity index (χ3n) is 8.21. The van der Waals surface area contributed by atoms with Crippen LogP contribution in [-0.2, 0) is 14.4 Å². The number of halogens is 1. The number of hydrogen-bond acceptors (Lipinski definition) is 6. The van der Waals surface area contributed by atoms with Crippen LogP contribution in [0.2, 0.25) is 0 Å². The lowest BCUT2D eigenvalue weighted by Gasteiger charge is -2.43. The molecule has 0 bridgehead atoms. The Balaban J connectivity index is 1.49. The molecule has 1 N–H and O–H groups in total. The molecule has 8 heteroatoms. The molecule has 41 heavy (non-hydrogen) atoms. The average molecular weight is 622 g/mol. The third kappa shape index (κ3) is 5.71. The van der Waals surface area contributed by atoms with Gasteiger partial charge in [-0.1, -0.05) is 6.07 Å². The molecule has 5 rings (SSSR count). The van der Waals surface area contributed by atoms with Crippen molar-refractivity contribution in [3.8, 4) is 11.5 Å². The minimum atomic E-state index is -0.443. The van der Waals surface area contributed by atoms with Gasteiger partial charge in [0.15, 0.2) is 29.7 Å². The first-order valence-corrected chi connectivity index (χ1v) is 15.3. The van der Waals surface area contributed by atoms with Crippen LogP contribution in [-0.4, -0.2) is 42.1 Å². The number of aryl methyl sites for hydroxylation is 2. The van der Waals surface area contributed by atoms with E-state index in [-0.39, 0.29) is 24.1 Å². The number of hydrogen-bond donors (Lipinski definition) is 1. The second-order valence-corrected chi connectivity index (χ2v) is 11.7. The second-order valence-electron chi connectivity index (χ2n) is 10.9. The molecule has 216 valence electrons. The lowest BCUT2D eigenvalue weighted by atomic mass is 9.71. The van der Waals surface area contributed by atoms with Crippen LogP contribution < -0.4 is 14.8 Å². The van der Waals surface area contributed by atoms with Crippen molar-refractivity contribution in [1.29, 1.82) is 0 Å². The van der Waals surface area contributed by atoms with Crippen LogP contribution in [0.4, 0.5) is 5.69 Å².